The Morgan fingerprint density at radius 2 is 2.08 bits per heavy atom. The topological polar surface area (TPSA) is 78.7 Å². The van der Waals surface area contributed by atoms with Crippen molar-refractivity contribution >= 4 is 5.97 Å². The van der Waals surface area contributed by atoms with Gasteiger partial charge in [0.2, 0.25) is 5.54 Å². The number of allylic oxidation sites excluding steroid dienone is 1. The molecule has 0 N–H and O–H groups in total. The lowest BCUT2D eigenvalue weighted by atomic mass is 9.70. The summed E-state index contributed by atoms with van der Waals surface area (Å²) in [6, 6.07) is 7.46. The zero-order valence-electron chi connectivity index (χ0n) is 13.8. The largest absolute Gasteiger partial charge is 0.496 e. The van der Waals surface area contributed by atoms with Gasteiger partial charge in [0.25, 0.3) is 0 Å². The van der Waals surface area contributed by atoms with E-state index >= 15 is 0 Å². The Hall–Kier alpha value is -2.37. The molecule has 4 atom stereocenters. The van der Waals surface area contributed by atoms with Crippen molar-refractivity contribution < 1.29 is 19.2 Å². The summed E-state index contributed by atoms with van der Waals surface area (Å²) in [5.74, 6) is -0.135. The fourth-order valence-corrected chi connectivity index (χ4v) is 4.46. The monoisotopic (exact) mass is 331 g/mol. The number of fused-ring (bicyclic) bond motifs is 2. The molecule has 2 aliphatic carbocycles. The number of nitrogens with zero attached hydrogens (tertiary/aromatic N) is 1. The van der Waals surface area contributed by atoms with E-state index in [2.05, 4.69) is 6.08 Å². The number of carbonyl (C=O) groups is 1. The number of nitro groups is 1. The van der Waals surface area contributed by atoms with Crippen LogP contribution in [0.5, 0.6) is 5.75 Å². The molecule has 1 aromatic carbocycles. The average Bonchev–Trinajstić information content (AvgIpc) is 3.19. The van der Waals surface area contributed by atoms with Crippen LogP contribution in [0.1, 0.15) is 30.7 Å². The summed E-state index contributed by atoms with van der Waals surface area (Å²) in [4.78, 5) is 23.6. The van der Waals surface area contributed by atoms with Crippen molar-refractivity contribution in [2.75, 3.05) is 14.2 Å². The standard InChI is InChI=1S/C18H21NO5/c1-23-15-6-4-3-5-14(15)17-12-7-8-13(11-12)18(17,19(21)22)10-9-16(20)24-2/h3-8,12-13,17H,9-11H2,1-2H3. The van der Waals surface area contributed by atoms with Crippen LogP contribution in [0.25, 0.3) is 0 Å². The molecule has 0 radical (unpaired) electrons. The van der Waals surface area contributed by atoms with Crippen LogP contribution in [0.15, 0.2) is 36.4 Å². The van der Waals surface area contributed by atoms with Gasteiger partial charge in [-0.25, -0.2) is 0 Å². The molecule has 1 saturated carbocycles. The zero-order valence-corrected chi connectivity index (χ0v) is 13.8. The first kappa shape index (κ1) is 16.5. The second-order valence-electron chi connectivity index (χ2n) is 6.44. The first-order valence-corrected chi connectivity index (χ1v) is 8.07. The van der Waals surface area contributed by atoms with Crippen LogP contribution in [0, 0.1) is 22.0 Å². The highest BCUT2D eigenvalue weighted by atomic mass is 16.6. The quantitative estimate of drug-likeness (QED) is 0.346. The van der Waals surface area contributed by atoms with Crippen molar-refractivity contribution in [3.05, 3.63) is 52.1 Å². The molecule has 1 aromatic rings. The number of hydrogen-bond donors (Lipinski definition) is 0. The molecule has 6 nitrogen and oxygen atoms in total. The molecule has 24 heavy (non-hydrogen) atoms. The Morgan fingerprint density at radius 1 is 1.33 bits per heavy atom. The SMILES string of the molecule is COC(=O)CCC1([N+](=O)[O-])C2C=CC(C2)C1c1ccccc1OC. The number of esters is 1. The van der Waals surface area contributed by atoms with Gasteiger partial charge in [-0.05, 0) is 18.4 Å². The molecule has 4 unspecified atom stereocenters. The van der Waals surface area contributed by atoms with Crippen molar-refractivity contribution in [2.45, 2.75) is 30.7 Å². The van der Waals surface area contributed by atoms with Crippen LogP contribution in [0.2, 0.25) is 0 Å². The number of benzene rings is 1. The maximum atomic E-state index is 12.2. The Bertz CT molecular complexity index is 686. The molecule has 6 heteroatoms. The third-order valence-electron chi connectivity index (χ3n) is 5.50. The fraction of sp³-hybridized carbons (Fsp3) is 0.500. The van der Waals surface area contributed by atoms with E-state index in [0.717, 1.165) is 12.0 Å². The van der Waals surface area contributed by atoms with E-state index in [4.69, 9.17) is 9.47 Å². The molecule has 3 rings (SSSR count). The Morgan fingerprint density at radius 3 is 2.75 bits per heavy atom. The smallest absolute Gasteiger partial charge is 0.305 e. The molecule has 0 heterocycles. The van der Waals surface area contributed by atoms with Gasteiger partial charge in [-0.1, -0.05) is 30.4 Å². The van der Waals surface area contributed by atoms with Gasteiger partial charge in [-0.15, -0.1) is 0 Å². The second-order valence-corrected chi connectivity index (χ2v) is 6.44. The normalized spacial score (nSPS) is 30.3. The molecule has 0 aliphatic heterocycles. The second kappa shape index (κ2) is 6.26. The van der Waals surface area contributed by atoms with Gasteiger partial charge in [-0.3, -0.25) is 14.9 Å². The third kappa shape index (κ3) is 2.37. The van der Waals surface area contributed by atoms with Crippen LogP contribution >= 0.6 is 0 Å². The van der Waals surface area contributed by atoms with Crippen molar-refractivity contribution in [3.8, 4) is 5.75 Å². The zero-order chi connectivity index (χ0) is 17.3. The lowest BCUT2D eigenvalue weighted by Gasteiger charge is -2.35. The lowest BCUT2D eigenvalue weighted by Crippen LogP contribution is -2.48. The molecule has 0 saturated heterocycles. The minimum Gasteiger partial charge on any atom is -0.496 e. The Kier molecular flexibility index (Phi) is 4.30. The summed E-state index contributed by atoms with van der Waals surface area (Å²) in [5.41, 5.74) is -0.346. The van der Waals surface area contributed by atoms with E-state index in [1.54, 1.807) is 7.11 Å². The van der Waals surface area contributed by atoms with Crippen molar-refractivity contribution in [3.63, 3.8) is 0 Å². The van der Waals surface area contributed by atoms with Crippen LogP contribution in [-0.2, 0) is 9.53 Å². The average molecular weight is 331 g/mol. The van der Waals surface area contributed by atoms with Gasteiger partial charge in [-0.2, -0.15) is 0 Å². The van der Waals surface area contributed by atoms with Gasteiger partial charge in [0.05, 0.1) is 26.6 Å². The fourth-order valence-electron chi connectivity index (χ4n) is 4.46. The number of hydrogen-bond acceptors (Lipinski definition) is 5. The molecule has 2 aliphatic rings. The Labute approximate surface area is 140 Å². The number of ether oxygens (including phenoxy) is 2. The van der Waals surface area contributed by atoms with E-state index < -0.39 is 11.5 Å². The highest BCUT2D eigenvalue weighted by Crippen LogP contribution is 2.59. The molecule has 0 amide bonds. The summed E-state index contributed by atoms with van der Waals surface area (Å²) < 4.78 is 10.1. The molecule has 2 bridgehead atoms. The molecule has 0 aromatic heterocycles. The summed E-state index contributed by atoms with van der Waals surface area (Å²) >= 11 is 0. The van der Waals surface area contributed by atoms with E-state index in [-0.39, 0.29) is 35.5 Å². The maximum Gasteiger partial charge on any atom is 0.305 e. The van der Waals surface area contributed by atoms with Gasteiger partial charge >= 0.3 is 5.97 Å². The van der Waals surface area contributed by atoms with E-state index in [0.29, 0.717) is 5.75 Å². The van der Waals surface area contributed by atoms with Gasteiger partial charge in [0.1, 0.15) is 5.75 Å². The minimum atomic E-state index is -1.19. The van der Waals surface area contributed by atoms with Crippen LogP contribution in [0.4, 0.5) is 0 Å². The van der Waals surface area contributed by atoms with Gasteiger partial charge < -0.3 is 9.47 Å². The Balaban J connectivity index is 2.06. The van der Waals surface area contributed by atoms with Gasteiger partial charge in [0, 0.05) is 22.8 Å². The first-order chi connectivity index (χ1) is 11.5. The highest BCUT2D eigenvalue weighted by Gasteiger charge is 2.65. The molecule has 1 fully saturated rings. The molecule has 0 spiro atoms. The van der Waals surface area contributed by atoms with Crippen molar-refractivity contribution in [1.29, 1.82) is 0 Å². The minimum absolute atomic E-state index is 0.0419. The number of carbonyl (C=O) groups excluding carboxylic acids is 1. The predicted octanol–water partition coefficient (Wildman–Crippen LogP) is 2.95. The maximum absolute atomic E-state index is 12.2. The molecular weight excluding hydrogens is 310 g/mol. The summed E-state index contributed by atoms with van der Waals surface area (Å²) in [5, 5.41) is 12.2. The van der Waals surface area contributed by atoms with Crippen molar-refractivity contribution in [2.24, 2.45) is 11.8 Å². The van der Waals surface area contributed by atoms with E-state index in [9.17, 15) is 14.9 Å². The number of methoxy groups -OCH3 is 2. The van der Waals surface area contributed by atoms with Crippen molar-refractivity contribution in [1.82, 2.24) is 0 Å². The third-order valence-corrected chi connectivity index (χ3v) is 5.50. The van der Waals surface area contributed by atoms with Crippen LogP contribution < -0.4 is 4.74 Å². The summed E-state index contributed by atoms with van der Waals surface area (Å²) in [6.07, 6.45) is 4.96. The number of para-hydroxylation sites is 1. The van der Waals surface area contributed by atoms with E-state index in [1.165, 1.54) is 7.11 Å². The molecule has 128 valence electrons. The lowest BCUT2D eigenvalue weighted by molar-refractivity contribution is -0.581. The molecular formula is C18H21NO5. The van der Waals surface area contributed by atoms with E-state index in [1.807, 2.05) is 30.3 Å². The van der Waals surface area contributed by atoms with Gasteiger partial charge in [0.15, 0.2) is 0 Å². The number of rotatable bonds is 6. The predicted molar refractivity (Wildman–Crippen MR) is 87.4 cm³/mol. The highest BCUT2D eigenvalue weighted by molar-refractivity contribution is 5.69. The van der Waals surface area contributed by atoms with Crippen LogP contribution in [0.3, 0.4) is 0 Å². The van der Waals surface area contributed by atoms with Crippen LogP contribution in [-0.4, -0.2) is 30.7 Å². The first-order valence-electron chi connectivity index (χ1n) is 8.07. The summed E-state index contributed by atoms with van der Waals surface area (Å²) in [7, 11) is 2.88. The summed E-state index contributed by atoms with van der Waals surface area (Å²) in [6.45, 7) is 0.